The Morgan fingerprint density at radius 3 is 3.13 bits per heavy atom. The van der Waals surface area contributed by atoms with E-state index in [0.29, 0.717) is 6.42 Å². The van der Waals surface area contributed by atoms with Crippen molar-refractivity contribution in [3.8, 4) is 0 Å². The van der Waals surface area contributed by atoms with E-state index < -0.39 is 6.10 Å². The third-order valence-electron chi connectivity index (χ3n) is 2.85. The Labute approximate surface area is 89.0 Å². The van der Waals surface area contributed by atoms with Crippen LogP contribution in [0.3, 0.4) is 0 Å². The molecule has 1 aliphatic heterocycles. The number of hydrogen-bond acceptors (Lipinski definition) is 4. The summed E-state index contributed by atoms with van der Waals surface area (Å²) < 4.78 is 7.18. The van der Waals surface area contributed by atoms with E-state index in [1.807, 2.05) is 0 Å². The Kier molecular flexibility index (Phi) is 3.33. The second-order valence-corrected chi connectivity index (χ2v) is 4.02. The number of hydrogen-bond donors (Lipinski definition) is 1. The summed E-state index contributed by atoms with van der Waals surface area (Å²) in [6.45, 7) is 0.820. The molecule has 0 amide bonds. The summed E-state index contributed by atoms with van der Waals surface area (Å²) in [6.07, 6.45) is 5.29. The number of aliphatic hydroxyl groups excluding tert-OH is 1. The highest BCUT2D eigenvalue weighted by atomic mass is 16.5. The van der Waals surface area contributed by atoms with Crippen molar-refractivity contribution in [2.45, 2.75) is 37.9 Å². The molecule has 15 heavy (non-hydrogen) atoms. The number of aryl methyl sites for hydroxylation is 1. The molecule has 0 aliphatic carbocycles. The van der Waals surface area contributed by atoms with Crippen LogP contribution in [0, 0.1) is 0 Å². The minimum Gasteiger partial charge on any atom is -0.387 e. The van der Waals surface area contributed by atoms with Crippen LogP contribution < -0.4 is 0 Å². The van der Waals surface area contributed by atoms with Crippen LogP contribution in [-0.4, -0.2) is 32.8 Å². The summed E-state index contributed by atoms with van der Waals surface area (Å²) in [4.78, 5) is 0. The summed E-state index contributed by atoms with van der Waals surface area (Å²) in [5.74, 6) is 0. The standard InChI is InChI=1S/C10H17N3O2/c1-13-9(7-11-12-13)10(14)6-8-4-2-3-5-15-8/h7-8,10,14H,2-6H2,1H3. The fraction of sp³-hybridized carbons (Fsp3) is 0.800. The average Bonchev–Trinajstić information content (AvgIpc) is 2.66. The largest absolute Gasteiger partial charge is 0.387 e. The molecule has 0 aromatic carbocycles. The minimum absolute atomic E-state index is 0.184. The van der Waals surface area contributed by atoms with Gasteiger partial charge in [0.2, 0.25) is 0 Å². The maximum atomic E-state index is 9.96. The van der Waals surface area contributed by atoms with Gasteiger partial charge < -0.3 is 9.84 Å². The Bertz CT molecular complexity index is 307. The highest BCUT2D eigenvalue weighted by Crippen LogP contribution is 2.23. The lowest BCUT2D eigenvalue weighted by Gasteiger charge is -2.24. The van der Waals surface area contributed by atoms with E-state index in [1.165, 1.54) is 6.42 Å². The number of nitrogens with zero attached hydrogens (tertiary/aromatic N) is 3. The van der Waals surface area contributed by atoms with Gasteiger partial charge in [-0.1, -0.05) is 5.21 Å². The zero-order chi connectivity index (χ0) is 10.7. The number of aliphatic hydroxyl groups is 1. The smallest absolute Gasteiger partial charge is 0.0997 e. The van der Waals surface area contributed by atoms with Gasteiger partial charge in [0.25, 0.3) is 0 Å². The predicted octanol–water partition coefficient (Wildman–Crippen LogP) is 0.808. The zero-order valence-electron chi connectivity index (χ0n) is 8.96. The van der Waals surface area contributed by atoms with E-state index >= 15 is 0 Å². The maximum Gasteiger partial charge on any atom is 0.0997 e. The van der Waals surface area contributed by atoms with Gasteiger partial charge in [0.05, 0.1) is 24.1 Å². The molecule has 5 nitrogen and oxygen atoms in total. The van der Waals surface area contributed by atoms with Gasteiger partial charge in [-0.25, -0.2) is 4.68 Å². The quantitative estimate of drug-likeness (QED) is 0.803. The molecule has 2 atom stereocenters. The molecule has 1 saturated heterocycles. The second-order valence-electron chi connectivity index (χ2n) is 4.02. The fourth-order valence-corrected chi connectivity index (χ4v) is 1.96. The zero-order valence-corrected chi connectivity index (χ0v) is 8.96. The van der Waals surface area contributed by atoms with Gasteiger partial charge in [-0.2, -0.15) is 0 Å². The summed E-state index contributed by atoms with van der Waals surface area (Å²) in [7, 11) is 1.79. The van der Waals surface area contributed by atoms with Crippen molar-refractivity contribution in [1.82, 2.24) is 15.0 Å². The molecule has 0 saturated carbocycles. The number of aromatic nitrogens is 3. The first kappa shape index (κ1) is 10.6. The second kappa shape index (κ2) is 4.72. The SMILES string of the molecule is Cn1nncc1C(O)CC1CCCCO1. The molecule has 0 radical (unpaired) electrons. The lowest BCUT2D eigenvalue weighted by atomic mass is 10.0. The van der Waals surface area contributed by atoms with Crippen molar-refractivity contribution >= 4 is 0 Å². The Balaban J connectivity index is 1.91. The molecule has 0 spiro atoms. The Morgan fingerprint density at radius 2 is 2.53 bits per heavy atom. The lowest BCUT2D eigenvalue weighted by molar-refractivity contribution is -0.0169. The van der Waals surface area contributed by atoms with Gasteiger partial charge in [-0.05, 0) is 19.3 Å². The van der Waals surface area contributed by atoms with Crippen LogP contribution >= 0.6 is 0 Å². The Morgan fingerprint density at radius 1 is 1.67 bits per heavy atom. The van der Waals surface area contributed by atoms with Crippen LogP contribution in [0.15, 0.2) is 6.20 Å². The highest BCUT2D eigenvalue weighted by Gasteiger charge is 2.21. The van der Waals surface area contributed by atoms with E-state index in [2.05, 4.69) is 10.3 Å². The van der Waals surface area contributed by atoms with Gasteiger partial charge in [0.1, 0.15) is 0 Å². The number of ether oxygens (including phenoxy) is 1. The molecular weight excluding hydrogens is 194 g/mol. The molecular formula is C10H17N3O2. The summed E-state index contributed by atoms with van der Waals surface area (Å²) in [5.41, 5.74) is 0.754. The van der Waals surface area contributed by atoms with Crippen LogP contribution in [-0.2, 0) is 11.8 Å². The van der Waals surface area contributed by atoms with E-state index in [1.54, 1.807) is 17.9 Å². The molecule has 2 heterocycles. The van der Waals surface area contributed by atoms with Crippen molar-refractivity contribution in [1.29, 1.82) is 0 Å². The normalized spacial score (nSPS) is 24.0. The first-order chi connectivity index (χ1) is 7.27. The predicted molar refractivity (Wildman–Crippen MR) is 54.2 cm³/mol. The van der Waals surface area contributed by atoms with Gasteiger partial charge in [0.15, 0.2) is 0 Å². The third-order valence-corrected chi connectivity index (χ3v) is 2.85. The summed E-state index contributed by atoms with van der Waals surface area (Å²) >= 11 is 0. The van der Waals surface area contributed by atoms with Gasteiger partial charge in [-0.3, -0.25) is 0 Å². The molecule has 84 valence electrons. The molecule has 1 fully saturated rings. The van der Waals surface area contributed by atoms with Crippen molar-refractivity contribution in [3.05, 3.63) is 11.9 Å². The van der Waals surface area contributed by atoms with Crippen LogP contribution in [0.5, 0.6) is 0 Å². The topological polar surface area (TPSA) is 60.2 Å². The first-order valence-electron chi connectivity index (χ1n) is 5.41. The minimum atomic E-state index is -0.520. The van der Waals surface area contributed by atoms with Crippen LogP contribution in [0.4, 0.5) is 0 Å². The van der Waals surface area contributed by atoms with E-state index in [0.717, 1.165) is 25.1 Å². The van der Waals surface area contributed by atoms with Crippen molar-refractivity contribution in [3.63, 3.8) is 0 Å². The number of rotatable bonds is 3. The molecule has 1 aromatic rings. The molecule has 1 aliphatic rings. The average molecular weight is 211 g/mol. The lowest BCUT2D eigenvalue weighted by Crippen LogP contribution is -2.22. The molecule has 2 unspecified atom stereocenters. The van der Waals surface area contributed by atoms with Gasteiger partial charge >= 0.3 is 0 Å². The molecule has 2 rings (SSSR count). The Hall–Kier alpha value is -0.940. The molecule has 0 bridgehead atoms. The van der Waals surface area contributed by atoms with Crippen LogP contribution in [0.2, 0.25) is 0 Å². The molecule has 1 aromatic heterocycles. The first-order valence-corrected chi connectivity index (χ1v) is 5.41. The fourth-order valence-electron chi connectivity index (χ4n) is 1.96. The van der Waals surface area contributed by atoms with E-state index in [9.17, 15) is 5.11 Å². The van der Waals surface area contributed by atoms with Crippen molar-refractivity contribution < 1.29 is 9.84 Å². The van der Waals surface area contributed by atoms with Crippen LogP contribution in [0.1, 0.15) is 37.5 Å². The molecule has 5 heteroatoms. The maximum absolute atomic E-state index is 9.96. The summed E-state index contributed by atoms with van der Waals surface area (Å²) in [5, 5.41) is 17.5. The van der Waals surface area contributed by atoms with E-state index in [4.69, 9.17) is 4.74 Å². The van der Waals surface area contributed by atoms with Crippen LogP contribution in [0.25, 0.3) is 0 Å². The van der Waals surface area contributed by atoms with Crippen molar-refractivity contribution in [2.75, 3.05) is 6.61 Å². The summed E-state index contributed by atoms with van der Waals surface area (Å²) in [6, 6.07) is 0. The third kappa shape index (κ3) is 2.54. The van der Waals surface area contributed by atoms with Crippen molar-refractivity contribution in [2.24, 2.45) is 7.05 Å². The highest BCUT2D eigenvalue weighted by molar-refractivity contribution is 4.98. The monoisotopic (exact) mass is 211 g/mol. The van der Waals surface area contributed by atoms with Gasteiger partial charge in [0, 0.05) is 20.1 Å². The van der Waals surface area contributed by atoms with Gasteiger partial charge in [-0.15, -0.1) is 5.10 Å². The van der Waals surface area contributed by atoms with E-state index in [-0.39, 0.29) is 6.10 Å². The molecule has 1 N–H and O–H groups in total.